The lowest BCUT2D eigenvalue weighted by Crippen LogP contribution is -1.92. The molecule has 0 saturated heterocycles. The van der Waals surface area contributed by atoms with E-state index in [1.54, 1.807) is 0 Å². The maximum atomic E-state index is 6.54. The summed E-state index contributed by atoms with van der Waals surface area (Å²) in [7, 11) is 0. The second kappa shape index (κ2) is 10.4. The molecular weight excluding hydrogens is 609 g/mol. The summed E-state index contributed by atoms with van der Waals surface area (Å²) in [5.74, 6) is 0. The molecule has 0 atom stereocenters. The van der Waals surface area contributed by atoms with Crippen LogP contribution in [0, 0.1) is 0 Å². The van der Waals surface area contributed by atoms with Crippen LogP contribution >= 0.6 is 0 Å². The molecule has 0 N–H and O–H groups in total. The summed E-state index contributed by atoms with van der Waals surface area (Å²) in [5, 5.41) is 13.2. The molecule has 0 bridgehead atoms. The van der Waals surface area contributed by atoms with Crippen molar-refractivity contribution in [3.8, 4) is 33.4 Å². The highest BCUT2D eigenvalue weighted by atomic mass is 16.4. The maximum absolute atomic E-state index is 6.54. The minimum atomic E-state index is 0.780. The summed E-state index contributed by atoms with van der Waals surface area (Å²) >= 11 is 0. The van der Waals surface area contributed by atoms with E-state index in [-0.39, 0.29) is 0 Å². The Morgan fingerprint density at radius 1 is 0.320 bits per heavy atom. The predicted molar refractivity (Wildman–Crippen MR) is 210 cm³/mol. The fraction of sp³-hybridized carbons (Fsp3) is 0. The van der Waals surface area contributed by atoms with E-state index < -0.39 is 0 Å². The molecule has 232 valence electrons. The van der Waals surface area contributed by atoms with Gasteiger partial charge in [0, 0.05) is 21.7 Å². The number of rotatable bonds is 3. The van der Waals surface area contributed by atoms with Gasteiger partial charge in [-0.25, -0.2) is 0 Å². The van der Waals surface area contributed by atoms with Gasteiger partial charge in [0.25, 0.3) is 0 Å². The van der Waals surface area contributed by atoms with Crippen molar-refractivity contribution in [1.82, 2.24) is 0 Å². The van der Waals surface area contributed by atoms with Crippen LogP contribution in [0.4, 0.5) is 0 Å². The lowest BCUT2D eigenvalue weighted by molar-refractivity contribution is 0.600. The summed E-state index contributed by atoms with van der Waals surface area (Å²) in [6.07, 6.45) is 1.84. The van der Waals surface area contributed by atoms with E-state index in [1.807, 2.05) is 12.3 Å². The number of furan rings is 2. The molecule has 0 radical (unpaired) electrons. The van der Waals surface area contributed by atoms with Gasteiger partial charge in [0.15, 0.2) is 11.2 Å². The molecule has 0 fully saturated rings. The Kier molecular flexibility index (Phi) is 5.70. The summed E-state index contributed by atoms with van der Waals surface area (Å²) in [4.78, 5) is 0. The van der Waals surface area contributed by atoms with Crippen LogP contribution in [-0.4, -0.2) is 0 Å². The fourth-order valence-corrected chi connectivity index (χ4v) is 8.31. The largest absolute Gasteiger partial charge is 0.460 e. The SMILES string of the molecule is c1ccc(-c2coc3c2ccc2c4cc(-c5c6ccccc6c(-c6cc7ccccc7c7ccccc67)c6ccccc56)ccc4oc23)cc1. The van der Waals surface area contributed by atoms with E-state index in [4.69, 9.17) is 8.83 Å². The first-order chi connectivity index (χ1) is 24.8. The van der Waals surface area contributed by atoms with Gasteiger partial charge in [-0.15, -0.1) is 0 Å². The zero-order valence-electron chi connectivity index (χ0n) is 27.0. The third-order valence-corrected chi connectivity index (χ3v) is 10.5. The molecule has 0 aliphatic heterocycles. The molecule has 11 aromatic rings. The number of hydrogen-bond acceptors (Lipinski definition) is 2. The summed E-state index contributed by atoms with van der Waals surface area (Å²) in [6.45, 7) is 0. The van der Waals surface area contributed by atoms with Gasteiger partial charge >= 0.3 is 0 Å². The molecule has 0 aliphatic rings. The van der Waals surface area contributed by atoms with Gasteiger partial charge in [0.1, 0.15) is 5.58 Å². The van der Waals surface area contributed by atoms with Gasteiger partial charge in [0.2, 0.25) is 0 Å². The highest BCUT2D eigenvalue weighted by Crippen LogP contribution is 2.47. The minimum absolute atomic E-state index is 0.780. The molecule has 0 saturated carbocycles. The van der Waals surface area contributed by atoms with Gasteiger partial charge in [0.05, 0.1) is 6.26 Å². The second-order valence-electron chi connectivity index (χ2n) is 13.2. The van der Waals surface area contributed by atoms with E-state index in [0.717, 1.165) is 49.6 Å². The topological polar surface area (TPSA) is 26.3 Å². The molecular formula is C48H28O2. The first-order valence-corrected chi connectivity index (χ1v) is 17.1. The molecule has 0 aliphatic carbocycles. The third-order valence-electron chi connectivity index (χ3n) is 10.5. The van der Waals surface area contributed by atoms with E-state index in [9.17, 15) is 0 Å². The van der Waals surface area contributed by atoms with Crippen LogP contribution in [0.5, 0.6) is 0 Å². The Hall–Kier alpha value is -6.64. The quantitative estimate of drug-likeness (QED) is 0.142. The Morgan fingerprint density at radius 2 is 0.920 bits per heavy atom. The summed E-state index contributed by atoms with van der Waals surface area (Å²) in [5.41, 5.74) is 9.52. The van der Waals surface area contributed by atoms with Crippen molar-refractivity contribution < 1.29 is 8.83 Å². The molecule has 0 amide bonds. The number of fused-ring (bicyclic) bond motifs is 10. The minimum Gasteiger partial charge on any atom is -0.460 e. The molecule has 2 aromatic heterocycles. The normalized spacial score (nSPS) is 12.0. The standard InChI is InChI=1S/C48H28O2/c1-2-12-29(13-3-1)43-28-49-47-40(43)24-23-39-41-27-31(22-25-44(41)50-48(39)47)45-35-18-8-10-20-37(35)46(38-21-11-9-19-36(38)45)42-26-30-14-4-5-15-32(30)33-16-6-7-17-34(33)42/h1-28H. The number of hydrogen-bond donors (Lipinski definition) is 0. The van der Waals surface area contributed by atoms with Crippen LogP contribution in [0.3, 0.4) is 0 Å². The van der Waals surface area contributed by atoms with Gasteiger partial charge < -0.3 is 8.83 Å². The van der Waals surface area contributed by atoms with Gasteiger partial charge in [-0.1, -0.05) is 133 Å². The lowest BCUT2D eigenvalue weighted by Gasteiger charge is -2.19. The van der Waals surface area contributed by atoms with Crippen LogP contribution < -0.4 is 0 Å². The third kappa shape index (κ3) is 3.85. The maximum Gasteiger partial charge on any atom is 0.178 e. The Balaban J connectivity index is 1.18. The van der Waals surface area contributed by atoms with Gasteiger partial charge in [-0.2, -0.15) is 0 Å². The van der Waals surface area contributed by atoms with Crippen LogP contribution in [0.15, 0.2) is 179 Å². The van der Waals surface area contributed by atoms with Crippen LogP contribution in [0.1, 0.15) is 0 Å². The zero-order valence-corrected chi connectivity index (χ0v) is 27.0. The number of benzene rings is 9. The highest BCUT2D eigenvalue weighted by Gasteiger charge is 2.21. The van der Waals surface area contributed by atoms with Crippen molar-refractivity contribution in [3.63, 3.8) is 0 Å². The molecule has 11 rings (SSSR count). The van der Waals surface area contributed by atoms with Crippen molar-refractivity contribution in [2.75, 3.05) is 0 Å². The fourth-order valence-electron chi connectivity index (χ4n) is 8.31. The molecule has 50 heavy (non-hydrogen) atoms. The van der Waals surface area contributed by atoms with Crippen LogP contribution in [0.2, 0.25) is 0 Å². The second-order valence-corrected chi connectivity index (χ2v) is 13.2. The monoisotopic (exact) mass is 636 g/mol. The molecule has 0 spiro atoms. The highest BCUT2D eigenvalue weighted by molar-refractivity contribution is 6.26. The molecule has 2 heterocycles. The van der Waals surface area contributed by atoms with Gasteiger partial charge in [-0.3, -0.25) is 0 Å². The first-order valence-electron chi connectivity index (χ1n) is 17.1. The molecule has 2 heteroatoms. The Morgan fingerprint density at radius 3 is 1.66 bits per heavy atom. The lowest BCUT2D eigenvalue weighted by atomic mass is 9.83. The van der Waals surface area contributed by atoms with Crippen molar-refractivity contribution in [3.05, 3.63) is 170 Å². The predicted octanol–water partition coefficient (Wildman–Crippen LogP) is 13.9. The summed E-state index contributed by atoms with van der Waals surface area (Å²) < 4.78 is 12.7. The van der Waals surface area contributed by atoms with Crippen LogP contribution in [-0.2, 0) is 0 Å². The van der Waals surface area contributed by atoms with E-state index in [0.29, 0.717) is 0 Å². The van der Waals surface area contributed by atoms with Crippen molar-refractivity contribution in [2.24, 2.45) is 0 Å². The molecule has 9 aromatic carbocycles. The van der Waals surface area contributed by atoms with Crippen molar-refractivity contribution in [2.45, 2.75) is 0 Å². The smallest absolute Gasteiger partial charge is 0.178 e. The zero-order chi connectivity index (χ0) is 32.8. The average molecular weight is 637 g/mol. The van der Waals surface area contributed by atoms with E-state index >= 15 is 0 Å². The summed E-state index contributed by atoms with van der Waals surface area (Å²) in [6, 6.07) is 59.0. The van der Waals surface area contributed by atoms with Crippen molar-refractivity contribution in [1.29, 1.82) is 0 Å². The van der Waals surface area contributed by atoms with Gasteiger partial charge in [-0.05, 0) is 101 Å². The Labute approximate surface area is 287 Å². The Bertz CT molecular complexity index is 3080. The first kappa shape index (κ1) is 27.3. The molecule has 2 nitrogen and oxygen atoms in total. The van der Waals surface area contributed by atoms with E-state index in [1.165, 1.54) is 59.8 Å². The van der Waals surface area contributed by atoms with Crippen LogP contribution in [0.25, 0.3) is 109 Å². The molecule has 0 unspecified atom stereocenters. The average Bonchev–Trinajstić information content (AvgIpc) is 3.79. The van der Waals surface area contributed by atoms with Crippen molar-refractivity contribution >= 4 is 76.0 Å². The van der Waals surface area contributed by atoms with E-state index in [2.05, 4.69) is 158 Å².